The van der Waals surface area contributed by atoms with E-state index in [1.54, 1.807) is 13.0 Å². The van der Waals surface area contributed by atoms with Crippen LogP contribution in [0.5, 0.6) is 0 Å². The second-order valence-corrected chi connectivity index (χ2v) is 6.80. The maximum Gasteiger partial charge on any atom is 0.338 e. The lowest BCUT2D eigenvalue weighted by atomic mass is 10.0. The molecule has 6 nitrogen and oxygen atoms in total. The number of carbonyl (C=O) groups is 1. The van der Waals surface area contributed by atoms with Crippen LogP contribution in [0.2, 0.25) is 0 Å². The van der Waals surface area contributed by atoms with E-state index in [1.807, 2.05) is 0 Å². The van der Waals surface area contributed by atoms with Gasteiger partial charge in [-0.1, -0.05) is 0 Å². The summed E-state index contributed by atoms with van der Waals surface area (Å²) in [4.78, 5) is 11.9. The number of esters is 1. The van der Waals surface area contributed by atoms with Crippen LogP contribution in [0.15, 0.2) is 23.1 Å². The molecule has 0 spiro atoms. The van der Waals surface area contributed by atoms with Crippen molar-refractivity contribution < 1.29 is 22.7 Å². The van der Waals surface area contributed by atoms with Gasteiger partial charge in [-0.2, -0.15) is 0 Å². The fourth-order valence-electron chi connectivity index (χ4n) is 2.22. The van der Waals surface area contributed by atoms with Gasteiger partial charge in [0.2, 0.25) is 10.0 Å². The maximum absolute atomic E-state index is 12.0. The van der Waals surface area contributed by atoms with Crippen molar-refractivity contribution in [2.75, 3.05) is 19.8 Å². The first-order chi connectivity index (χ1) is 9.86. The normalized spacial score (nSPS) is 16.7. The minimum atomic E-state index is -3.84. The molecule has 0 bridgehead atoms. The average Bonchev–Trinajstić information content (AvgIpc) is 2.44. The molecule has 1 aromatic rings. The molecule has 0 atom stereocenters. The van der Waals surface area contributed by atoms with Crippen molar-refractivity contribution in [3.8, 4) is 0 Å². The van der Waals surface area contributed by atoms with E-state index < -0.39 is 16.0 Å². The molecule has 0 aromatic heterocycles. The number of carbonyl (C=O) groups excluding carboxylic acids is 1. The highest BCUT2D eigenvalue weighted by Gasteiger charge is 2.18. The Morgan fingerprint density at radius 3 is 2.62 bits per heavy atom. The molecule has 2 rings (SSSR count). The number of hydrogen-bond acceptors (Lipinski definition) is 5. The van der Waals surface area contributed by atoms with Gasteiger partial charge in [-0.3, -0.25) is 0 Å². The van der Waals surface area contributed by atoms with Gasteiger partial charge in [0.15, 0.2) is 0 Å². The molecule has 1 aliphatic heterocycles. The third-order valence-electron chi connectivity index (χ3n) is 3.41. The van der Waals surface area contributed by atoms with Crippen molar-refractivity contribution in [2.24, 2.45) is 11.1 Å². The van der Waals surface area contributed by atoms with Crippen molar-refractivity contribution in [1.82, 2.24) is 0 Å². The average molecular weight is 313 g/mol. The summed E-state index contributed by atoms with van der Waals surface area (Å²) >= 11 is 0. The Morgan fingerprint density at radius 2 is 2.00 bits per heavy atom. The molecule has 1 aliphatic rings. The Hall–Kier alpha value is -1.44. The number of nitrogens with two attached hydrogens (primary N) is 1. The predicted octanol–water partition coefficient (Wildman–Crippen LogP) is 1.23. The van der Waals surface area contributed by atoms with E-state index in [2.05, 4.69) is 0 Å². The first kappa shape index (κ1) is 15.9. The Balaban J connectivity index is 2.06. The van der Waals surface area contributed by atoms with E-state index in [-0.39, 0.29) is 10.5 Å². The molecule has 1 aromatic carbocycles. The zero-order chi connectivity index (χ0) is 15.5. The third-order valence-corrected chi connectivity index (χ3v) is 4.30. The van der Waals surface area contributed by atoms with E-state index in [4.69, 9.17) is 14.6 Å². The molecule has 1 fully saturated rings. The van der Waals surface area contributed by atoms with Crippen molar-refractivity contribution >= 4 is 16.0 Å². The number of sulfonamides is 1. The standard InChI is InChI=1S/C14H19NO5S/c1-10-6-12(8-13(7-10)21(15,17)18)14(16)20-9-11-2-4-19-5-3-11/h6-8,11H,2-5,9H2,1H3,(H2,15,17,18). The molecule has 1 heterocycles. The number of benzene rings is 1. The highest BCUT2D eigenvalue weighted by molar-refractivity contribution is 7.89. The molecule has 2 N–H and O–H groups in total. The topological polar surface area (TPSA) is 95.7 Å². The molecule has 0 amide bonds. The molecule has 21 heavy (non-hydrogen) atoms. The molecule has 7 heteroatoms. The van der Waals surface area contributed by atoms with Gasteiger partial charge < -0.3 is 9.47 Å². The van der Waals surface area contributed by atoms with Crippen molar-refractivity contribution in [2.45, 2.75) is 24.7 Å². The highest BCUT2D eigenvalue weighted by Crippen LogP contribution is 2.18. The number of aryl methyl sites for hydroxylation is 1. The van der Waals surface area contributed by atoms with Crippen LogP contribution in [0.25, 0.3) is 0 Å². The van der Waals surface area contributed by atoms with Crippen molar-refractivity contribution in [1.29, 1.82) is 0 Å². The Bertz CT molecular complexity index is 620. The first-order valence-corrected chi connectivity index (χ1v) is 8.30. The van der Waals surface area contributed by atoms with Crippen LogP contribution in [-0.2, 0) is 19.5 Å². The zero-order valence-electron chi connectivity index (χ0n) is 11.9. The summed E-state index contributed by atoms with van der Waals surface area (Å²) < 4.78 is 33.3. The molecule has 1 saturated heterocycles. The lowest BCUT2D eigenvalue weighted by Gasteiger charge is -2.21. The lowest BCUT2D eigenvalue weighted by molar-refractivity contribution is 0.0185. The summed E-state index contributed by atoms with van der Waals surface area (Å²) in [6, 6.07) is 4.25. The Kier molecular flexibility index (Phi) is 4.97. The molecule has 0 aliphatic carbocycles. The summed E-state index contributed by atoms with van der Waals surface area (Å²) in [5, 5.41) is 5.09. The monoisotopic (exact) mass is 313 g/mol. The smallest absolute Gasteiger partial charge is 0.338 e. The summed E-state index contributed by atoms with van der Waals surface area (Å²) in [6.45, 7) is 3.38. The minimum Gasteiger partial charge on any atom is -0.462 e. The van der Waals surface area contributed by atoms with Gasteiger partial charge >= 0.3 is 5.97 Å². The van der Waals surface area contributed by atoms with Crippen LogP contribution in [0.4, 0.5) is 0 Å². The number of primary sulfonamides is 1. The maximum atomic E-state index is 12.0. The fraction of sp³-hybridized carbons (Fsp3) is 0.500. The van der Waals surface area contributed by atoms with E-state index in [0.717, 1.165) is 12.8 Å². The Labute approximate surface area is 124 Å². The van der Waals surface area contributed by atoms with Gasteiger partial charge in [-0.05, 0) is 49.4 Å². The van der Waals surface area contributed by atoms with Crippen molar-refractivity contribution in [3.63, 3.8) is 0 Å². The van der Waals surface area contributed by atoms with Gasteiger partial charge in [0.1, 0.15) is 0 Å². The van der Waals surface area contributed by atoms with Crippen LogP contribution >= 0.6 is 0 Å². The van der Waals surface area contributed by atoms with Crippen LogP contribution < -0.4 is 5.14 Å². The second-order valence-electron chi connectivity index (χ2n) is 5.23. The molecular weight excluding hydrogens is 294 g/mol. The summed E-state index contributed by atoms with van der Waals surface area (Å²) in [7, 11) is -3.84. The van der Waals surface area contributed by atoms with Gasteiger partial charge in [0.05, 0.1) is 17.1 Å². The SMILES string of the molecule is Cc1cc(C(=O)OCC2CCOCC2)cc(S(N)(=O)=O)c1. The van der Waals surface area contributed by atoms with Crippen LogP contribution in [0.1, 0.15) is 28.8 Å². The van der Waals surface area contributed by atoms with Crippen LogP contribution in [0, 0.1) is 12.8 Å². The zero-order valence-corrected chi connectivity index (χ0v) is 12.7. The van der Waals surface area contributed by atoms with E-state index >= 15 is 0 Å². The largest absolute Gasteiger partial charge is 0.462 e. The number of ether oxygens (including phenoxy) is 2. The van der Waals surface area contributed by atoms with Gasteiger partial charge in [-0.15, -0.1) is 0 Å². The van der Waals surface area contributed by atoms with Crippen molar-refractivity contribution in [3.05, 3.63) is 29.3 Å². The quantitative estimate of drug-likeness (QED) is 0.843. The molecule has 0 saturated carbocycles. The lowest BCUT2D eigenvalue weighted by Crippen LogP contribution is -2.22. The van der Waals surface area contributed by atoms with Gasteiger partial charge in [0.25, 0.3) is 0 Å². The van der Waals surface area contributed by atoms with E-state index in [0.29, 0.717) is 31.3 Å². The molecule has 116 valence electrons. The molecule has 0 unspecified atom stereocenters. The van der Waals surface area contributed by atoms with E-state index in [1.165, 1.54) is 12.1 Å². The molecule has 0 radical (unpaired) electrons. The summed E-state index contributed by atoms with van der Waals surface area (Å²) in [6.07, 6.45) is 1.73. The highest BCUT2D eigenvalue weighted by atomic mass is 32.2. The number of rotatable bonds is 4. The first-order valence-electron chi connectivity index (χ1n) is 6.75. The van der Waals surface area contributed by atoms with Gasteiger partial charge in [-0.25, -0.2) is 18.4 Å². The van der Waals surface area contributed by atoms with Crippen LogP contribution in [0.3, 0.4) is 0 Å². The fourth-order valence-corrected chi connectivity index (χ4v) is 2.86. The van der Waals surface area contributed by atoms with Gasteiger partial charge in [0, 0.05) is 13.2 Å². The summed E-state index contributed by atoms with van der Waals surface area (Å²) in [5.41, 5.74) is 0.839. The second kappa shape index (κ2) is 6.55. The third kappa shape index (κ3) is 4.52. The summed E-state index contributed by atoms with van der Waals surface area (Å²) in [5.74, 6) is -0.236. The van der Waals surface area contributed by atoms with Crippen LogP contribution in [-0.4, -0.2) is 34.2 Å². The Morgan fingerprint density at radius 1 is 1.33 bits per heavy atom. The number of hydrogen-bond donors (Lipinski definition) is 1. The minimum absolute atomic E-state index is 0.0829. The predicted molar refractivity (Wildman–Crippen MR) is 76.4 cm³/mol. The molecular formula is C14H19NO5S. The van der Waals surface area contributed by atoms with E-state index in [9.17, 15) is 13.2 Å².